The number of carbonyl (C=O) groups excluding carboxylic acids is 1. The van der Waals surface area contributed by atoms with Crippen molar-refractivity contribution in [2.45, 2.75) is 19.8 Å². The molecule has 0 aliphatic carbocycles. The normalized spacial score (nSPS) is 12.0. The average molecular weight is 335 g/mol. The highest BCUT2D eigenvalue weighted by Gasteiger charge is 2.21. The molecule has 128 valence electrons. The molecule has 5 nitrogen and oxygen atoms in total. The van der Waals surface area contributed by atoms with E-state index in [1.807, 2.05) is 24.4 Å². The number of H-pyrrole nitrogens is 1. The van der Waals surface area contributed by atoms with Gasteiger partial charge in [-0.25, -0.2) is 10.5 Å². The minimum Gasteiger partial charge on any atom is -0.348 e. The number of hydrogen-bond donors (Lipinski definition) is 2. The molecule has 0 bridgehead atoms. The standard InChI is InChI=1S/C20H21N3O2/c1-13-6-4-9-17(14(13)2)19(18-11-21-12-22-18)15-7-5-8-16(10-15)20(24)23-25-3/h4-12,19H,1-3H3,(H,21,22)(H,23,24). The number of carbonyl (C=O) groups is 1. The van der Waals surface area contributed by atoms with Crippen LogP contribution in [-0.4, -0.2) is 23.0 Å². The quantitative estimate of drug-likeness (QED) is 0.701. The zero-order valence-electron chi connectivity index (χ0n) is 14.5. The number of benzene rings is 2. The first-order valence-corrected chi connectivity index (χ1v) is 8.09. The molecule has 5 heteroatoms. The number of aromatic nitrogens is 2. The average Bonchev–Trinajstić information content (AvgIpc) is 3.14. The predicted molar refractivity (Wildman–Crippen MR) is 96.4 cm³/mol. The van der Waals surface area contributed by atoms with Gasteiger partial charge in [-0.3, -0.25) is 9.63 Å². The Kier molecular flexibility index (Phi) is 4.95. The van der Waals surface area contributed by atoms with Crippen LogP contribution in [0.15, 0.2) is 55.0 Å². The van der Waals surface area contributed by atoms with E-state index in [0.29, 0.717) is 5.56 Å². The van der Waals surface area contributed by atoms with Gasteiger partial charge in [0.15, 0.2) is 0 Å². The largest absolute Gasteiger partial charge is 0.348 e. The highest BCUT2D eigenvalue weighted by atomic mass is 16.6. The number of imidazole rings is 1. The smallest absolute Gasteiger partial charge is 0.274 e. The van der Waals surface area contributed by atoms with Crippen LogP contribution in [-0.2, 0) is 4.84 Å². The van der Waals surface area contributed by atoms with Gasteiger partial charge in [0.2, 0.25) is 0 Å². The molecule has 3 aromatic rings. The van der Waals surface area contributed by atoms with Crippen molar-refractivity contribution >= 4 is 5.91 Å². The molecule has 0 spiro atoms. The molecule has 0 fully saturated rings. The summed E-state index contributed by atoms with van der Waals surface area (Å²) in [6.07, 6.45) is 3.50. The summed E-state index contributed by atoms with van der Waals surface area (Å²) in [6, 6.07) is 13.8. The van der Waals surface area contributed by atoms with Crippen LogP contribution in [0.4, 0.5) is 0 Å². The van der Waals surface area contributed by atoms with Gasteiger partial charge in [0.05, 0.1) is 19.4 Å². The third kappa shape index (κ3) is 3.46. The van der Waals surface area contributed by atoms with E-state index >= 15 is 0 Å². The minimum atomic E-state index is -0.270. The lowest BCUT2D eigenvalue weighted by Gasteiger charge is -2.20. The molecule has 3 rings (SSSR count). The van der Waals surface area contributed by atoms with Crippen LogP contribution in [0.3, 0.4) is 0 Å². The number of aryl methyl sites for hydroxylation is 1. The first-order chi connectivity index (χ1) is 12.1. The SMILES string of the molecule is CONC(=O)c1cccc(C(c2cnc[nH]2)c2cccc(C)c2C)c1. The van der Waals surface area contributed by atoms with Crippen LogP contribution in [0.5, 0.6) is 0 Å². The second kappa shape index (κ2) is 7.32. The van der Waals surface area contributed by atoms with E-state index in [2.05, 4.69) is 47.5 Å². The van der Waals surface area contributed by atoms with Crippen LogP contribution in [0.1, 0.15) is 44.2 Å². The summed E-state index contributed by atoms with van der Waals surface area (Å²) in [5.41, 5.74) is 8.56. The molecule has 1 heterocycles. The molecule has 0 aliphatic heterocycles. The van der Waals surface area contributed by atoms with Gasteiger partial charge in [-0.2, -0.15) is 0 Å². The summed E-state index contributed by atoms with van der Waals surface area (Å²) in [5.74, 6) is -0.300. The Labute approximate surface area is 147 Å². The van der Waals surface area contributed by atoms with E-state index in [0.717, 1.165) is 11.3 Å². The van der Waals surface area contributed by atoms with Crippen molar-refractivity contribution in [1.82, 2.24) is 15.4 Å². The molecule has 0 saturated carbocycles. The zero-order valence-corrected chi connectivity index (χ0v) is 14.5. The molecular weight excluding hydrogens is 314 g/mol. The molecule has 2 N–H and O–H groups in total. The molecule has 0 radical (unpaired) electrons. The first kappa shape index (κ1) is 16.9. The van der Waals surface area contributed by atoms with Crippen molar-refractivity contribution < 1.29 is 9.63 Å². The van der Waals surface area contributed by atoms with Crippen molar-refractivity contribution in [2.75, 3.05) is 7.11 Å². The van der Waals surface area contributed by atoms with E-state index < -0.39 is 0 Å². The van der Waals surface area contributed by atoms with Gasteiger partial charge in [-0.05, 0) is 48.2 Å². The lowest BCUT2D eigenvalue weighted by molar-refractivity contribution is 0.0537. The summed E-state index contributed by atoms with van der Waals surface area (Å²) >= 11 is 0. The topological polar surface area (TPSA) is 67.0 Å². The predicted octanol–water partition coefficient (Wildman–Crippen LogP) is 3.50. The molecule has 2 aromatic carbocycles. The number of nitrogens with one attached hydrogen (secondary N) is 2. The van der Waals surface area contributed by atoms with Crippen LogP contribution < -0.4 is 5.48 Å². The number of nitrogens with zero attached hydrogens (tertiary/aromatic N) is 1. The molecule has 1 atom stereocenters. The van der Waals surface area contributed by atoms with Gasteiger partial charge >= 0.3 is 0 Å². The van der Waals surface area contributed by atoms with Crippen molar-refractivity contribution in [3.8, 4) is 0 Å². The van der Waals surface area contributed by atoms with Crippen LogP contribution in [0.2, 0.25) is 0 Å². The lowest BCUT2D eigenvalue weighted by atomic mass is 9.84. The Morgan fingerprint density at radius 3 is 2.72 bits per heavy atom. The monoisotopic (exact) mass is 335 g/mol. The molecule has 1 amide bonds. The van der Waals surface area contributed by atoms with Gasteiger partial charge in [0, 0.05) is 17.5 Å². The van der Waals surface area contributed by atoms with Gasteiger partial charge in [0.25, 0.3) is 5.91 Å². The van der Waals surface area contributed by atoms with Gasteiger partial charge in [-0.15, -0.1) is 0 Å². The second-order valence-electron chi connectivity index (χ2n) is 5.99. The van der Waals surface area contributed by atoms with Crippen LogP contribution in [0.25, 0.3) is 0 Å². The highest BCUT2D eigenvalue weighted by Crippen LogP contribution is 2.33. The van der Waals surface area contributed by atoms with Crippen molar-refractivity contribution in [1.29, 1.82) is 0 Å². The van der Waals surface area contributed by atoms with Gasteiger partial charge < -0.3 is 4.98 Å². The van der Waals surface area contributed by atoms with Crippen LogP contribution in [0, 0.1) is 13.8 Å². The van der Waals surface area contributed by atoms with Gasteiger partial charge in [0.1, 0.15) is 0 Å². The lowest BCUT2D eigenvalue weighted by Crippen LogP contribution is -2.22. The Morgan fingerprint density at radius 2 is 2.00 bits per heavy atom. The van der Waals surface area contributed by atoms with Crippen molar-refractivity contribution in [3.05, 3.63) is 88.5 Å². The molecule has 25 heavy (non-hydrogen) atoms. The number of rotatable bonds is 5. The maximum Gasteiger partial charge on any atom is 0.274 e. The summed E-state index contributed by atoms with van der Waals surface area (Å²) in [7, 11) is 1.42. The van der Waals surface area contributed by atoms with Crippen molar-refractivity contribution in [3.63, 3.8) is 0 Å². The fourth-order valence-corrected chi connectivity index (χ4v) is 3.05. The van der Waals surface area contributed by atoms with E-state index in [4.69, 9.17) is 4.84 Å². The van der Waals surface area contributed by atoms with E-state index in [-0.39, 0.29) is 11.8 Å². The fourth-order valence-electron chi connectivity index (χ4n) is 3.05. The first-order valence-electron chi connectivity index (χ1n) is 8.09. The van der Waals surface area contributed by atoms with Gasteiger partial charge in [-0.1, -0.05) is 30.3 Å². The Hall–Kier alpha value is -2.92. The van der Waals surface area contributed by atoms with Crippen LogP contribution >= 0.6 is 0 Å². The summed E-state index contributed by atoms with van der Waals surface area (Å²) in [5, 5.41) is 0. The Morgan fingerprint density at radius 1 is 1.20 bits per heavy atom. The number of hydrogen-bond acceptors (Lipinski definition) is 3. The summed E-state index contributed by atoms with van der Waals surface area (Å²) < 4.78 is 0. The summed E-state index contributed by atoms with van der Waals surface area (Å²) in [4.78, 5) is 24.2. The molecule has 1 aromatic heterocycles. The maximum absolute atomic E-state index is 12.1. The number of aromatic amines is 1. The molecule has 1 unspecified atom stereocenters. The Balaban J connectivity index is 2.12. The van der Waals surface area contributed by atoms with E-state index in [1.54, 1.807) is 12.4 Å². The minimum absolute atomic E-state index is 0.0299. The van der Waals surface area contributed by atoms with Crippen molar-refractivity contribution in [2.24, 2.45) is 0 Å². The van der Waals surface area contributed by atoms with E-state index in [9.17, 15) is 4.79 Å². The highest BCUT2D eigenvalue weighted by molar-refractivity contribution is 5.93. The molecule has 0 saturated heterocycles. The Bertz CT molecular complexity index is 872. The second-order valence-corrected chi connectivity index (χ2v) is 5.99. The maximum atomic E-state index is 12.1. The molecular formula is C20H21N3O2. The number of amides is 1. The van der Waals surface area contributed by atoms with E-state index in [1.165, 1.54) is 23.8 Å². The fraction of sp³-hybridized carbons (Fsp3) is 0.200. The third-order valence-corrected chi connectivity index (χ3v) is 4.46. The molecule has 0 aliphatic rings. The third-order valence-electron chi connectivity index (χ3n) is 4.46. The summed E-state index contributed by atoms with van der Waals surface area (Å²) in [6.45, 7) is 4.22. The zero-order chi connectivity index (χ0) is 17.8. The number of hydroxylamine groups is 1.